The first-order valence-electron chi connectivity index (χ1n) is 6.05. The number of aliphatic hydroxyl groups excluding tert-OH is 1. The Morgan fingerprint density at radius 1 is 1.37 bits per heavy atom. The quantitative estimate of drug-likeness (QED) is 0.855. The Bertz CT molecular complexity index is 603. The number of nitrogens with zero attached hydrogens (tertiary/aromatic N) is 1. The number of esters is 1. The minimum atomic E-state index is -1.27. The van der Waals surface area contributed by atoms with Gasteiger partial charge in [0.2, 0.25) is 0 Å². The number of hydrogen-bond donors (Lipinski definition) is 1. The molecule has 1 heterocycles. The van der Waals surface area contributed by atoms with Gasteiger partial charge in [-0.3, -0.25) is 0 Å². The normalized spacial score (nSPS) is 12.4. The van der Waals surface area contributed by atoms with Crippen LogP contribution in [0.3, 0.4) is 0 Å². The minimum Gasteiger partial charge on any atom is -0.497 e. The van der Waals surface area contributed by atoms with E-state index in [9.17, 15) is 9.90 Å². The standard InChI is InChI=1S/C14H17NO4/c1-4-15-11-8-10(18-2)6-5-9(11)7-12(15)13(16)14(17)19-3/h5-8,13,16H,4H2,1-3H3. The summed E-state index contributed by atoms with van der Waals surface area (Å²) in [5.41, 5.74) is 1.44. The summed E-state index contributed by atoms with van der Waals surface area (Å²) in [5.74, 6) is 0.0730. The molecular weight excluding hydrogens is 246 g/mol. The predicted octanol–water partition coefficient (Wildman–Crippen LogP) is 1.88. The van der Waals surface area contributed by atoms with E-state index in [0.29, 0.717) is 12.2 Å². The van der Waals surface area contributed by atoms with E-state index in [4.69, 9.17) is 4.74 Å². The van der Waals surface area contributed by atoms with Crippen LogP contribution in [0.2, 0.25) is 0 Å². The molecule has 1 N–H and O–H groups in total. The summed E-state index contributed by atoms with van der Waals surface area (Å²) in [5, 5.41) is 10.9. The zero-order chi connectivity index (χ0) is 14.0. The van der Waals surface area contributed by atoms with E-state index < -0.39 is 12.1 Å². The van der Waals surface area contributed by atoms with E-state index >= 15 is 0 Å². The number of carbonyl (C=O) groups is 1. The third-order valence-corrected chi connectivity index (χ3v) is 3.16. The van der Waals surface area contributed by atoms with Crippen molar-refractivity contribution in [1.29, 1.82) is 0 Å². The number of hydrogen-bond acceptors (Lipinski definition) is 4. The fourth-order valence-electron chi connectivity index (χ4n) is 2.19. The Hall–Kier alpha value is -2.01. The van der Waals surface area contributed by atoms with Crippen LogP contribution in [0.1, 0.15) is 18.7 Å². The number of rotatable bonds is 4. The average Bonchev–Trinajstić information content (AvgIpc) is 2.82. The molecule has 0 spiro atoms. The first-order chi connectivity index (χ1) is 9.12. The molecular formula is C14H17NO4. The predicted molar refractivity (Wildman–Crippen MR) is 71.1 cm³/mol. The molecule has 0 radical (unpaired) electrons. The maximum atomic E-state index is 11.5. The summed E-state index contributed by atoms with van der Waals surface area (Å²) in [6.07, 6.45) is -1.27. The second-order valence-corrected chi connectivity index (χ2v) is 4.16. The summed E-state index contributed by atoms with van der Waals surface area (Å²) in [6, 6.07) is 7.41. The second-order valence-electron chi connectivity index (χ2n) is 4.16. The van der Waals surface area contributed by atoms with Crippen LogP contribution in [0.25, 0.3) is 10.9 Å². The van der Waals surface area contributed by atoms with Crippen LogP contribution in [0.15, 0.2) is 24.3 Å². The second kappa shape index (κ2) is 5.32. The third-order valence-electron chi connectivity index (χ3n) is 3.16. The molecule has 0 fully saturated rings. The van der Waals surface area contributed by atoms with Gasteiger partial charge in [-0.05, 0) is 25.1 Å². The number of benzene rings is 1. The molecule has 0 amide bonds. The lowest BCUT2D eigenvalue weighted by molar-refractivity contribution is -0.151. The number of fused-ring (bicyclic) bond motifs is 1. The molecule has 0 saturated carbocycles. The van der Waals surface area contributed by atoms with Gasteiger partial charge in [0, 0.05) is 18.0 Å². The van der Waals surface area contributed by atoms with Crippen molar-refractivity contribution in [3.05, 3.63) is 30.0 Å². The van der Waals surface area contributed by atoms with Crippen molar-refractivity contribution in [1.82, 2.24) is 4.57 Å². The van der Waals surface area contributed by atoms with Crippen molar-refractivity contribution in [3.8, 4) is 5.75 Å². The molecule has 0 aliphatic rings. The Balaban J connectivity index is 2.59. The molecule has 1 atom stereocenters. The Kier molecular flexibility index (Phi) is 3.76. The van der Waals surface area contributed by atoms with Crippen LogP contribution < -0.4 is 4.74 Å². The van der Waals surface area contributed by atoms with Gasteiger partial charge < -0.3 is 19.1 Å². The SMILES string of the molecule is CCn1c(C(O)C(=O)OC)cc2ccc(OC)cc21. The van der Waals surface area contributed by atoms with Crippen LogP contribution in [-0.4, -0.2) is 29.9 Å². The van der Waals surface area contributed by atoms with Gasteiger partial charge in [0.05, 0.1) is 25.4 Å². The Morgan fingerprint density at radius 2 is 2.11 bits per heavy atom. The van der Waals surface area contributed by atoms with Gasteiger partial charge in [0.1, 0.15) is 5.75 Å². The topological polar surface area (TPSA) is 60.7 Å². The zero-order valence-electron chi connectivity index (χ0n) is 11.2. The van der Waals surface area contributed by atoms with Gasteiger partial charge in [0.25, 0.3) is 0 Å². The largest absolute Gasteiger partial charge is 0.497 e. The molecule has 1 aromatic carbocycles. The molecule has 0 bridgehead atoms. The maximum absolute atomic E-state index is 11.5. The summed E-state index contributed by atoms with van der Waals surface area (Å²) in [7, 11) is 2.86. The van der Waals surface area contributed by atoms with Crippen molar-refractivity contribution < 1.29 is 19.4 Å². The van der Waals surface area contributed by atoms with E-state index in [-0.39, 0.29) is 0 Å². The first-order valence-corrected chi connectivity index (χ1v) is 6.05. The fraction of sp³-hybridized carbons (Fsp3) is 0.357. The third kappa shape index (κ3) is 2.29. The van der Waals surface area contributed by atoms with Gasteiger partial charge in [-0.1, -0.05) is 0 Å². The highest BCUT2D eigenvalue weighted by molar-refractivity contribution is 5.85. The van der Waals surface area contributed by atoms with E-state index in [0.717, 1.165) is 16.7 Å². The van der Waals surface area contributed by atoms with Gasteiger partial charge in [-0.15, -0.1) is 0 Å². The van der Waals surface area contributed by atoms with Crippen LogP contribution in [0, 0.1) is 0 Å². The van der Waals surface area contributed by atoms with Crippen LogP contribution in [0.4, 0.5) is 0 Å². The number of ether oxygens (including phenoxy) is 2. The monoisotopic (exact) mass is 263 g/mol. The molecule has 5 nitrogen and oxygen atoms in total. The molecule has 0 aliphatic heterocycles. The summed E-state index contributed by atoms with van der Waals surface area (Å²) < 4.78 is 11.6. The van der Waals surface area contributed by atoms with E-state index in [2.05, 4.69) is 4.74 Å². The van der Waals surface area contributed by atoms with Crippen LogP contribution >= 0.6 is 0 Å². The number of aliphatic hydroxyl groups is 1. The minimum absolute atomic E-state index is 0.526. The number of aromatic nitrogens is 1. The van der Waals surface area contributed by atoms with Crippen molar-refractivity contribution in [3.63, 3.8) is 0 Å². The van der Waals surface area contributed by atoms with Crippen molar-refractivity contribution in [2.45, 2.75) is 19.6 Å². The molecule has 19 heavy (non-hydrogen) atoms. The van der Waals surface area contributed by atoms with Gasteiger partial charge in [-0.2, -0.15) is 0 Å². The van der Waals surface area contributed by atoms with Crippen molar-refractivity contribution in [2.24, 2.45) is 0 Å². The molecule has 1 aromatic heterocycles. The van der Waals surface area contributed by atoms with Crippen molar-refractivity contribution >= 4 is 16.9 Å². The number of aryl methyl sites for hydroxylation is 1. The molecule has 1 unspecified atom stereocenters. The van der Waals surface area contributed by atoms with Crippen LogP contribution in [0.5, 0.6) is 5.75 Å². The smallest absolute Gasteiger partial charge is 0.340 e. The lowest BCUT2D eigenvalue weighted by atomic mass is 10.2. The summed E-state index contributed by atoms with van der Waals surface area (Å²) >= 11 is 0. The number of methoxy groups -OCH3 is 2. The Labute approximate surface area is 111 Å². The summed E-state index contributed by atoms with van der Waals surface area (Å²) in [4.78, 5) is 11.5. The molecule has 102 valence electrons. The molecule has 5 heteroatoms. The lowest BCUT2D eigenvalue weighted by Gasteiger charge is -2.12. The lowest BCUT2D eigenvalue weighted by Crippen LogP contribution is -2.17. The number of carbonyl (C=O) groups excluding carboxylic acids is 1. The van der Waals surface area contributed by atoms with E-state index in [1.807, 2.05) is 29.7 Å². The Morgan fingerprint density at radius 3 is 2.68 bits per heavy atom. The average molecular weight is 263 g/mol. The van der Waals surface area contributed by atoms with Crippen molar-refractivity contribution in [2.75, 3.05) is 14.2 Å². The molecule has 2 rings (SSSR count). The van der Waals surface area contributed by atoms with Gasteiger partial charge in [0.15, 0.2) is 6.10 Å². The van der Waals surface area contributed by atoms with E-state index in [1.165, 1.54) is 7.11 Å². The van der Waals surface area contributed by atoms with Gasteiger partial charge in [-0.25, -0.2) is 4.79 Å². The highest BCUT2D eigenvalue weighted by atomic mass is 16.5. The molecule has 2 aromatic rings. The molecule has 0 saturated heterocycles. The molecule has 0 aliphatic carbocycles. The highest BCUT2D eigenvalue weighted by Gasteiger charge is 2.23. The highest BCUT2D eigenvalue weighted by Crippen LogP contribution is 2.28. The first kappa shape index (κ1) is 13.4. The van der Waals surface area contributed by atoms with Gasteiger partial charge >= 0.3 is 5.97 Å². The zero-order valence-corrected chi connectivity index (χ0v) is 11.2. The maximum Gasteiger partial charge on any atom is 0.340 e. The van der Waals surface area contributed by atoms with Crippen LogP contribution in [-0.2, 0) is 16.1 Å². The summed E-state index contributed by atoms with van der Waals surface area (Å²) in [6.45, 7) is 2.59. The fourth-order valence-corrected chi connectivity index (χ4v) is 2.19. The van der Waals surface area contributed by atoms with E-state index in [1.54, 1.807) is 13.2 Å².